The average molecular weight is 278 g/mol. The number of amides is 1. The number of hydrogen-bond acceptors (Lipinski definition) is 4. The first kappa shape index (κ1) is 13.2. The van der Waals surface area contributed by atoms with Crippen LogP contribution in [0, 0.1) is 0 Å². The topological polar surface area (TPSA) is 63.2 Å². The standard InChI is InChI=1S/C13H12ClN3O2/c1-19-13(18)16-9-6-7-12(15-8-9)17-11-5-3-2-4-10(11)14/h2-8H,1H3,(H,15,17)(H,16,18). The minimum absolute atomic E-state index is 0.534. The molecule has 0 unspecified atom stereocenters. The van der Waals surface area contributed by atoms with Gasteiger partial charge >= 0.3 is 6.09 Å². The van der Waals surface area contributed by atoms with Crippen molar-refractivity contribution in [2.24, 2.45) is 0 Å². The van der Waals surface area contributed by atoms with E-state index in [-0.39, 0.29) is 0 Å². The molecule has 0 radical (unpaired) electrons. The van der Waals surface area contributed by atoms with Gasteiger partial charge in [-0.1, -0.05) is 23.7 Å². The fraction of sp³-hybridized carbons (Fsp3) is 0.0769. The highest BCUT2D eigenvalue weighted by molar-refractivity contribution is 6.33. The third-order valence-electron chi connectivity index (χ3n) is 2.33. The molecular weight excluding hydrogens is 266 g/mol. The van der Waals surface area contributed by atoms with Crippen LogP contribution in [-0.4, -0.2) is 18.2 Å². The number of carbonyl (C=O) groups excluding carboxylic acids is 1. The maximum absolute atomic E-state index is 11.0. The van der Waals surface area contributed by atoms with Crippen LogP contribution in [0.5, 0.6) is 0 Å². The van der Waals surface area contributed by atoms with Gasteiger partial charge in [0, 0.05) is 0 Å². The van der Waals surface area contributed by atoms with Gasteiger partial charge in [-0.2, -0.15) is 0 Å². The van der Waals surface area contributed by atoms with E-state index >= 15 is 0 Å². The van der Waals surface area contributed by atoms with Crippen LogP contribution in [0.4, 0.5) is 22.0 Å². The van der Waals surface area contributed by atoms with Crippen molar-refractivity contribution in [3.8, 4) is 0 Å². The molecule has 1 aromatic heterocycles. The van der Waals surface area contributed by atoms with E-state index in [4.69, 9.17) is 11.6 Å². The molecule has 0 aliphatic rings. The Kier molecular flexibility index (Phi) is 4.20. The molecule has 0 aliphatic carbocycles. The van der Waals surface area contributed by atoms with Gasteiger partial charge in [0.15, 0.2) is 0 Å². The maximum atomic E-state index is 11.0. The number of methoxy groups -OCH3 is 1. The Balaban J connectivity index is 2.07. The number of halogens is 1. The maximum Gasteiger partial charge on any atom is 0.411 e. The van der Waals surface area contributed by atoms with Gasteiger partial charge in [-0.05, 0) is 24.3 Å². The molecular formula is C13H12ClN3O2. The van der Waals surface area contributed by atoms with Crippen LogP contribution in [0.25, 0.3) is 0 Å². The van der Waals surface area contributed by atoms with Crippen LogP contribution >= 0.6 is 11.6 Å². The van der Waals surface area contributed by atoms with E-state index in [2.05, 4.69) is 20.4 Å². The summed E-state index contributed by atoms with van der Waals surface area (Å²) in [5, 5.41) is 6.21. The Hall–Kier alpha value is -2.27. The Morgan fingerprint density at radius 1 is 1.26 bits per heavy atom. The van der Waals surface area contributed by atoms with E-state index in [1.54, 1.807) is 18.2 Å². The molecule has 6 heteroatoms. The SMILES string of the molecule is COC(=O)Nc1ccc(Nc2ccccc2Cl)nc1. The van der Waals surface area contributed by atoms with Crippen molar-refractivity contribution in [1.29, 1.82) is 0 Å². The monoisotopic (exact) mass is 277 g/mol. The number of anilines is 3. The lowest BCUT2D eigenvalue weighted by Gasteiger charge is -2.08. The molecule has 0 saturated carbocycles. The molecule has 0 saturated heterocycles. The first-order valence-corrected chi connectivity index (χ1v) is 5.89. The Morgan fingerprint density at radius 3 is 2.68 bits per heavy atom. The number of pyridine rings is 1. The number of hydrogen-bond donors (Lipinski definition) is 2. The van der Waals surface area contributed by atoms with Crippen molar-refractivity contribution < 1.29 is 9.53 Å². The van der Waals surface area contributed by atoms with E-state index in [0.29, 0.717) is 16.5 Å². The summed E-state index contributed by atoms with van der Waals surface area (Å²) < 4.78 is 4.48. The van der Waals surface area contributed by atoms with Gasteiger partial charge in [0.2, 0.25) is 0 Å². The van der Waals surface area contributed by atoms with Crippen LogP contribution < -0.4 is 10.6 Å². The zero-order valence-corrected chi connectivity index (χ0v) is 10.9. The molecule has 1 heterocycles. The van der Waals surface area contributed by atoms with Crippen LogP contribution in [0.3, 0.4) is 0 Å². The summed E-state index contributed by atoms with van der Waals surface area (Å²) >= 11 is 6.03. The molecule has 19 heavy (non-hydrogen) atoms. The number of nitrogens with one attached hydrogen (secondary N) is 2. The van der Waals surface area contributed by atoms with Crippen LogP contribution in [0.1, 0.15) is 0 Å². The highest BCUT2D eigenvalue weighted by Crippen LogP contribution is 2.24. The van der Waals surface area contributed by atoms with Gasteiger partial charge in [0.1, 0.15) is 5.82 Å². The van der Waals surface area contributed by atoms with Crippen molar-refractivity contribution >= 4 is 34.9 Å². The number of aromatic nitrogens is 1. The number of rotatable bonds is 3. The fourth-order valence-corrected chi connectivity index (χ4v) is 1.59. The number of nitrogens with zero attached hydrogens (tertiary/aromatic N) is 1. The van der Waals surface area contributed by atoms with Crippen molar-refractivity contribution in [1.82, 2.24) is 4.98 Å². The molecule has 1 aromatic carbocycles. The highest BCUT2D eigenvalue weighted by Gasteiger charge is 2.03. The van der Waals surface area contributed by atoms with Crippen molar-refractivity contribution in [2.45, 2.75) is 0 Å². The zero-order valence-electron chi connectivity index (χ0n) is 10.2. The normalized spacial score (nSPS) is 9.79. The predicted octanol–water partition coefficient (Wildman–Crippen LogP) is 3.66. The fourth-order valence-electron chi connectivity index (χ4n) is 1.41. The second-order valence-electron chi connectivity index (χ2n) is 3.65. The lowest BCUT2D eigenvalue weighted by atomic mass is 10.3. The van der Waals surface area contributed by atoms with Crippen molar-refractivity contribution in [2.75, 3.05) is 17.7 Å². The second kappa shape index (κ2) is 6.06. The summed E-state index contributed by atoms with van der Waals surface area (Å²) in [6, 6.07) is 10.8. The molecule has 2 N–H and O–H groups in total. The minimum Gasteiger partial charge on any atom is -0.453 e. The molecule has 2 rings (SSSR count). The summed E-state index contributed by atoms with van der Waals surface area (Å²) in [7, 11) is 1.30. The summed E-state index contributed by atoms with van der Waals surface area (Å²) in [6.07, 6.45) is 0.990. The number of benzene rings is 1. The molecule has 1 amide bonds. The van der Waals surface area contributed by atoms with E-state index in [1.807, 2.05) is 18.2 Å². The predicted molar refractivity (Wildman–Crippen MR) is 75.0 cm³/mol. The lowest BCUT2D eigenvalue weighted by molar-refractivity contribution is 0.187. The summed E-state index contributed by atoms with van der Waals surface area (Å²) in [6.45, 7) is 0. The van der Waals surface area contributed by atoms with Crippen LogP contribution in [0.15, 0.2) is 42.6 Å². The Morgan fingerprint density at radius 2 is 2.05 bits per heavy atom. The Bertz CT molecular complexity index is 572. The Labute approximate surface area is 115 Å². The lowest BCUT2D eigenvalue weighted by Crippen LogP contribution is -2.11. The summed E-state index contributed by atoms with van der Waals surface area (Å²) in [4.78, 5) is 15.2. The van der Waals surface area contributed by atoms with E-state index in [9.17, 15) is 4.79 Å². The van der Waals surface area contributed by atoms with Gasteiger partial charge < -0.3 is 10.1 Å². The molecule has 0 bridgehead atoms. The van der Waals surface area contributed by atoms with Crippen LogP contribution in [-0.2, 0) is 4.74 Å². The van der Waals surface area contributed by atoms with Gasteiger partial charge in [-0.15, -0.1) is 0 Å². The van der Waals surface area contributed by atoms with Gasteiger partial charge in [0.05, 0.1) is 29.7 Å². The van der Waals surface area contributed by atoms with Crippen LogP contribution in [0.2, 0.25) is 5.02 Å². The molecule has 0 spiro atoms. The molecule has 98 valence electrons. The minimum atomic E-state index is -0.534. The number of ether oxygens (including phenoxy) is 1. The number of para-hydroxylation sites is 1. The van der Waals surface area contributed by atoms with E-state index in [1.165, 1.54) is 13.3 Å². The van der Waals surface area contributed by atoms with E-state index in [0.717, 1.165) is 5.69 Å². The number of carbonyl (C=O) groups is 1. The van der Waals surface area contributed by atoms with Crippen molar-refractivity contribution in [3.63, 3.8) is 0 Å². The first-order chi connectivity index (χ1) is 9.19. The zero-order chi connectivity index (χ0) is 13.7. The second-order valence-corrected chi connectivity index (χ2v) is 4.06. The van der Waals surface area contributed by atoms with Gasteiger partial charge in [-0.25, -0.2) is 9.78 Å². The average Bonchev–Trinajstić information content (AvgIpc) is 2.43. The van der Waals surface area contributed by atoms with Gasteiger partial charge in [-0.3, -0.25) is 5.32 Å². The quantitative estimate of drug-likeness (QED) is 0.899. The first-order valence-electron chi connectivity index (χ1n) is 5.51. The highest BCUT2D eigenvalue weighted by atomic mass is 35.5. The third-order valence-corrected chi connectivity index (χ3v) is 2.66. The van der Waals surface area contributed by atoms with Gasteiger partial charge in [0.25, 0.3) is 0 Å². The molecule has 0 atom stereocenters. The van der Waals surface area contributed by atoms with E-state index < -0.39 is 6.09 Å². The van der Waals surface area contributed by atoms with Crippen molar-refractivity contribution in [3.05, 3.63) is 47.6 Å². The molecule has 5 nitrogen and oxygen atoms in total. The summed E-state index contributed by atoms with van der Waals surface area (Å²) in [5.74, 6) is 0.628. The third kappa shape index (κ3) is 3.59. The largest absolute Gasteiger partial charge is 0.453 e. The smallest absolute Gasteiger partial charge is 0.411 e. The molecule has 2 aromatic rings. The summed E-state index contributed by atoms with van der Waals surface area (Å²) in [5.41, 5.74) is 1.32. The molecule has 0 fully saturated rings. The molecule has 0 aliphatic heterocycles.